The second-order valence-corrected chi connectivity index (χ2v) is 4.59. The molecule has 0 bridgehead atoms. The van der Waals surface area contributed by atoms with E-state index in [0.717, 1.165) is 0 Å². The lowest BCUT2D eigenvalue weighted by atomic mass is 9.98. The van der Waals surface area contributed by atoms with Crippen LogP contribution in [0.25, 0.3) is 0 Å². The molecule has 0 saturated carbocycles. The van der Waals surface area contributed by atoms with Crippen LogP contribution in [0.15, 0.2) is 0 Å². The van der Waals surface area contributed by atoms with E-state index in [9.17, 15) is 18.4 Å². The van der Waals surface area contributed by atoms with Gasteiger partial charge in [0.2, 0.25) is 0 Å². The number of nitrogens with zero attached hydrogens (tertiary/aromatic N) is 1. The highest BCUT2D eigenvalue weighted by atomic mass is 19.3. The van der Waals surface area contributed by atoms with Crippen molar-refractivity contribution in [2.75, 3.05) is 6.54 Å². The molecule has 0 aromatic heterocycles. The molecular formula is C9H13F2NO3. The van der Waals surface area contributed by atoms with Gasteiger partial charge in [0.25, 0.3) is 11.8 Å². The molecule has 1 rings (SSSR count). The molecule has 4 nitrogen and oxygen atoms in total. The molecule has 1 amide bonds. The predicted molar refractivity (Wildman–Crippen MR) is 46.8 cm³/mol. The SMILES string of the molecule is CC(C)(C)C(=O)ON1CC(F)(F)CC1=O. The van der Waals surface area contributed by atoms with Crippen molar-refractivity contribution in [1.82, 2.24) is 5.06 Å². The number of alkyl halides is 2. The van der Waals surface area contributed by atoms with Gasteiger partial charge >= 0.3 is 5.97 Å². The summed E-state index contributed by atoms with van der Waals surface area (Å²) in [5.74, 6) is -4.67. The maximum absolute atomic E-state index is 12.7. The van der Waals surface area contributed by atoms with Gasteiger partial charge in [0.05, 0.1) is 11.8 Å². The van der Waals surface area contributed by atoms with Crippen LogP contribution in [-0.4, -0.2) is 29.4 Å². The highest BCUT2D eigenvalue weighted by Crippen LogP contribution is 2.29. The van der Waals surface area contributed by atoms with E-state index in [1.807, 2.05) is 0 Å². The van der Waals surface area contributed by atoms with Gasteiger partial charge in [0, 0.05) is 0 Å². The first-order valence-electron chi connectivity index (χ1n) is 4.52. The second kappa shape index (κ2) is 3.43. The van der Waals surface area contributed by atoms with Gasteiger partial charge in [-0.15, -0.1) is 0 Å². The molecule has 0 N–H and O–H groups in total. The number of amides is 1. The van der Waals surface area contributed by atoms with Gasteiger partial charge in [0.1, 0.15) is 6.54 Å². The molecule has 1 heterocycles. The lowest BCUT2D eigenvalue weighted by Gasteiger charge is -2.21. The zero-order chi connectivity index (χ0) is 11.9. The molecule has 1 aliphatic rings. The first kappa shape index (κ1) is 11.9. The van der Waals surface area contributed by atoms with Gasteiger partial charge in [0.15, 0.2) is 0 Å². The highest BCUT2D eigenvalue weighted by Gasteiger charge is 2.46. The van der Waals surface area contributed by atoms with E-state index in [1.54, 1.807) is 20.8 Å². The summed E-state index contributed by atoms with van der Waals surface area (Å²) in [6.45, 7) is 3.88. The van der Waals surface area contributed by atoms with Crippen molar-refractivity contribution < 1.29 is 23.2 Å². The molecule has 6 heteroatoms. The maximum Gasteiger partial charge on any atom is 0.337 e. The number of carbonyl (C=O) groups is 2. The average Bonchev–Trinajstić information content (AvgIpc) is 2.22. The fourth-order valence-electron chi connectivity index (χ4n) is 0.984. The number of hydrogen-bond donors (Lipinski definition) is 0. The minimum atomic E-state index is -3.10. The number of hydrogen-bond acceptors (Lipinski definition) is 3. The molecule has 0 radical (unpaired) electrons. The third kappa shape index (κ3) is 2.87. The largest absolute Gasteiger partial charge is 0.337 e. The van der Waals surface area contributed by atoms with Gasteiger partial charge < -0.3 is 4.84 Å². The van der Waals surface area contributed by atoms with Crippen molar-refractivity contribution >= 4 is 11.9 Å². The Labute approximate surface area is 86.1 Å². The summed E-state index contributed by atoms with van der Waals surface area (Å²) < 4.78 is 25.5. The standard InChI is InChI=1S/C9H13F2NO3/c1-8(2,3)7(14)15-12-5-9(10,11)4-6(12)13/h4-5H2,1-3H3. The quantitative estimate of drug-likeness (QED) is 0.671. The Morgan fingerprint density at radius 3 is 2.33 bits per heavy atom. The Kier molecular flexibility index (Phi) is 2.71. The molecular weight excluding hydrogens is 208 g/mol. The molecule has 0 spiro atoms. The molecule has 15 heavy (non-hydrogen) atoms. The van der Waals surface area contributed by atoms with E-state index >= 15 is 0 Å². The third-order valence-electron chi connectivity index (χ3n) is 1.87. The van der Waals surface area contributed by atoms with Gasteiger partial charge in [-0.25, -0.2) is 13.6 Å². The minimum absolute atomic E-state index is 0.438. The third-order valence-corrected chi connectivity index (χ3v) is 1.87. The zero-order valence-corrected chi connectivity index (χ0v) is 8.84. The fourth-order valence-corrected chi connectivity index (χ4v) is 0.984. The Balaban J connectivity index is 2.62. The van der Waals surface area contributed by atoms with Crippen LogP contribution in [0, 0.1) is 5.41 Å². The Morgan fingerprint density at radius 2 is 2.00 bits per heavy atom. The van der Waals surface area contributed by atoms with Crippen molar-refractivity contribution in [3.05, 3.63) is 0 Å². The van der Waals surface area contributed by atoms with Crippen molar-refractivity contribution in [3.8, 4) is 0 Å². The normalized spacial score (nSPS) is 20.6. The average molecular weight is 221 g/mol. The zero-order valence-electron chi connectivity index (χ0n) is 8.84. The minimum Gasteiger partial charge on any atom is -0.337 e. The van der Waals surface area contributed by atoms with E-state index in [1.165, 1.54) is 0 Å². The van der Waals surface area contributed by atoms with Crippen molar-refractivity contribution in [2.24, 2.45) is 5.41 Å². The van der Waals surface area contributed by atoms with E-state index in [2.05, 4.69) is 4.84 Å². The molecule has 1 saturated heterocycles. The Bertz CT molecular complexity index is 296. The van der Waals surface area contributed by atoms with Crippen molar-refractivity contribution in [1.29, 1.82) is 0 Å². The van der Waals surface area contributed by atoms with Gasteiger partial charge in [-0.2, -0.15) is 5.06 Å². The van der Waals surface area contributed by atoms with Crippen LogP contribution in [-0.2, 0) is 14.4 Å². The Morgan fingerprint density at radius 1 is 1.47 bits per heavy atom. The van der Waals surface area contributed by atoms with Crippen LogP contribution in [0.4, 0.5) is 8.78 Å². The van der Waals surface area contributed by atoms with Crippen LogP contribution < -0.4 is 0 Å². The molecule has 86 valence electrons. The summed E-state index contributed by atoms with van der Waals surface area (Å²) in [6, 6.07) is 0. The van der Waals surface area contributed by atoms with Crippen LogP contribution in [0.2, 0.25) is 0 Å². The molecule has 0 atom stereocenters. The van der Waals surface area contributed by atoms with Gasteiger partial charge in [-0.3, -0.25) is 4.79 Å². The van der Waals surface area contributed by atoms with Crippen LogP contribution in [0.1, 0.15) is 27.2 Å². The smallest absolute Gasteiger partial charge is 0.337 e. The molecule has 0 aromatic carbocycles. The Hall–Kier alpha value is -1.20. The van der Waals surface area contributed by atoms with Crippen molar-refractivity contribution in [2.45, 2.75) is 33.1 Å². The number of rotatable bonds is 1. The number of carbonyl (C=O) groups excluding carboxylic acids is 2. The highest BCUT2D eigenvalue weighted by molar-refractivity contribution is 5.82. The fraction of sp³-hybridized carbons (Fsp3) is 0.778. The second-order valence-electron chi connectivity index (χ2n) is 4.59. The van der Waals surface area contributed by atoms with Crippen LogP contribution in [0.3, 0.4) is 0 Å². The molecule has 0 aliphatic carbocycles. The van der Waals surface area contributed by atoms with Crippen molar-refractivity contribution in [3.63, 3.8) is 0 Å². The van der Waals surface area contributed by atoms with E-state index in [-0.39, 0.29) is 0 Å². The summed E-state index contributed by atoms with van der Waals surface area (Å²) in [6.07, 6.45) is -0.898. The van der Waals surface area contributed by atoms with E-state index in [4.69, 9.17) is 0 Å². The van der Waals surface area contributed by atoms with E-state index in [0.29, 0.717) is 5.06 Å². The molecule has 0 aromatic rings. The molecule has 1 aliphatic heterocycles. The summed E-state index contributed by atoms with van der Waals surface area (Å²) in [4.78, 5) is 26.9. The molecule has 0 unspecified atom stereocenters. The number of hydroxylamine groups is 2. The summed E-state index contributed by atoms with van der Waals surface area (Å²) >= 11 is 0. The maximum atomic E-state index is 12.7. The van der Waals surface area contributed by atoms with Gasteiger partial charge in [-0.1, -0.05) is 0 Å². The first-order chi connectivity index (χ1) is 6.62. The van der Waals surface area contributed by atoms with Crippen LogP contribution in [0.5, 0.6) is 0 Å². The number of halogens is 2. The van der Waals surface area contributed by atoms with Crippen LogP contribution >= 0.6 is 0 Å². The summed E-state index contributed by atoms with van der Waals surface area (Å²) in [5.41, 5.74) is -0.821. The van der Waals surface area contributed by atoms with Gasteiger partial charge in [-0.05, 0) is 20.8 Å². The first-order valence-corrected chi connectivity index (χ1v) is 4.52. The molecule has 1 fully saturated rings. The summed E-state index contributed by atoms with van der Waals surface area (Å²) in [5, 5.41) is 0.438. The lowest BCUT2D eigenvalue weighted by Crippen LogP contribution is -2.35. The van der Waals surface area contributed by atoms with E-state index < -0.39 is 36.2 Å². The predicted octanol–water partition coefficient (Wildman–Crippen LogP) is 1.36. The summed E-state index contributed by atoms with van der Waals surface area (Å²) in [7, 11) is 0. The topological polar surface area (TPSA) is 46.6 Å². The lowest BCUT2D eigenvalue weighted by molar-refractivity contribution is -0.203. The monoisotopic (exact) mass is 221 g/mol.